The van der Waals surface area contributed by atoms with Gasteiger partial charge >= 0.3 is 0 Å². The van der Waals surface area contributed by atoms with Crippen molar-refractivity contribution in [1.82, 2.24) is 0 Å². The summed E-state index contributed by atoms with van der Waals surface area (Å²) in [5, 5.41) is 3.56. The smallest absolute Gasteiger partial charge is 0.0772 e. The van der Waals surface area contributed by atoms with Gasteiger partial charge in [-0.15, -0.1) is 0 Å². The zero-order chi connectivity index (χ0) is 10.5. The van der Waals surface area contributed by atoms with Crippen molar-refractivity contribution >= 4 is 5.69 Å². The molecule has 1 fully saturated rings. The Labute approximate surface area is 91.6 Å². The van der Waals surface area contributed by atoms with Gasteiger partial charge in [0.2, 0.25) is 0 Å². The van der Waals surface area contributed by atoms with Crippen molar-refractivity contribution in [3.63, 3.8) is 0 Å². The molecule has 0 bridgehead atoms. The molecule has 1 aromatic rings. The van der Waals surface area contributed by atoms with E-state index in [-0.39, 0.29) is 0 Å². The summed E-state index contributed by atoms with van der Waals surface area (Å²) in [4.78, 5) is 0. The lowest BCUT2D eigenvalue weighted by molar-refractivity contribution is 0.0606. The molecule has 2 rings (SSSR count). The Hall–Kier alpha value is -1.02. The SMILES string of the molecule is CO[C@H]1CCCC[C@H]1Nc1ccccc1. The monoisotopic (exact) mass is 205 g/mol. The highest BCUT2D eigenvalue weighted by Gasteiger charge is 2.24. The number of hydrogen-bond acceptors (Lipinski definition) is 2. The summed E-state index contributed by atoms with van der Waals surface area (Å²) in [6.45, 7) is 0. The Kier molecular flexibility index (Phi) is 3.62. The quantitative estimate of drug-likeness (QED) is 0.819. The lowest BCUT2D eigenvalue weighted by Crippen LogP contribution is -2.37. The van der Waals surface area contributed by atoms with Crippen molar-refractivity contribution in [2.75, 3.05) is 12.4 Å². The first-order valence-corrected chi connectivity index (χ1v) is 5.74. The zero-order valence-corrected chi connectivity index (χ0v) is 9.28. The van der Waals surface area contributed by atoms with Crippen LogP contribution in [-0.4, -0.2) is 19.3 Å². The van der Waals surface area contributed by atoms with Gasteiger partial charge in [-0.25, -0.2) is 0 Å². The van der Waals surface area contributed by atoms with Crippen LogP contribution in [0.15, 0.2) is 30.3 Å². The van der Waals surface area contributed by atoms with Crippen molar-refractivity contribution in [2.24, 2.45) is 0 Å². The second-order valence-corrected chi connectivity index (χ2v) is 4.18. The number of anilines is 1. The van der Waals surface area contributed by atoms with Crippen LogP contribution in [-0.2, 0) is 4.74 Å². The molecule has 0 unspecified atom stereocenters. The molecule has 0 saturated heterocycles. The number of para-hydroxylation sites is 1. The Morgan fingerprint density at radius 3 is 2.60 bits per heavy atom. The molecule has 0 heterocycles. The maximum absolute atomic E-state index is 5.51. The highest BCUT2D eigenvalue weighted by molar-refractivity contribution is 5.43. The van der Waals surface area contributed by atoms with Gasteiger partial charge in [0.25, 0.3) is 0 Å². The molecule has 2 nitrogen and oxygen atoms in total. The van der Waals surface area contributed by atoms with Crippen molar-refractivity contribution in [1.29, 1.82) is 0 Å². The van der Waals surface area contributed by atoms with Gasteiger partial charge in [-0.3, -0.25) is 0 Å². The highest BCUT2D eigenvalue weighted by Crippen LogP contribution is 2.23. The number of benzene rings is 1. The predicted octanol–water partition coefficient (Wildman–Crippen LogP) is 3.06. The van der Waals surface area contributed by atoms with Gasteiger partial charge < -0.3 is 10.1 Å². The molecule has 1 aliphatic carbocycles. The van der Waals surface area contributed by atoms with Crippen LogP contribution in [0.2, 0.25) is 0 Å². The normalized spacial score (nSPS) is 26.2. The first kappa shape index (κ1) is 10.5. The summed E-state index contributed by atoms with van der Waals surface area (Å²) in [6.07, 6.45) is 5.38. The topological polar surface area (TPSA) is 21.3 Å². The van der Waals surface area contributed by atoms with Crippen LogP contribution in [0.5, 0.6) is 0 Å². The first-order chi connectivity index (χ1) is 7.40. The van der Waals surface area contributed by atoms with E-state index in [1.807, 2.05) is 13.2 Å². The van der Waals surface area contributed by atoms with Crippen LogP contribution < -0.4 is 5.32 Å². The summed E-state index contributed by atoms with van der Waals surface area (Å²) in [7, 11) is 1.82. The van der Waals surface area contributed by atoms with Gasteiger partial charge in [0.15, 0.2) is 0 Å². The number of methoxy groups -OCH3 is 1. The van der Waals surface area contributed by atoms with E-state index in [1.54, 1.807) is 0 Å². The highest BCUT2D eigenvalue weighted by atomic mass is 16.5. The minimum absolute atomic E-state index is 0.374. The van der Waals surface area contributed by atoms with E-state index in [0.29, 0.717) is 12.1 Å². The molecule has 1 aliphatic rings. The van der Waals surface area contributed by atoms with E-state index in [2.05, 4.69) is 29.6 Å². The van der Waals surface area contributed by atoms with Crippen LogP contribution in [0, 0.1) is 0 Å². The van der Waals surface area contributed by atoms with E-state index in [0.717, 1.165) is 0 Å². The molecule has 2 atom stereocenters. The molecule has 0 aromatic heterocycles. The molecule has 1 saturated carbocycles. The molecule has 1 aromatic carbocycles. The number of hydrogen-bond donors (Lipinski definition) is 1. The Balaban J connectivity index is 1.97. The Bertz CT molecular complexity index is 286. The fraction of sp³-hybridized carbons (Fsp3) is 0.538. The molecule has 0 radical (unpaired) electrons. The minimum atomic E-state index is 0.374. The van der Waals surface area contributed by atoms with E-state index < -0.39 is 0 Å². The third kappa shape index (κ3) is 2.72. The van der Waals surface area contributed by atoms with Crippen LogP contribution in [0.3, 0.4) is 0 Å². The molecule has 0 amide bonds. The average molecular weight is 205 g/mol. The van der Waals surface area contributed by atoms with Crippen molar-refractivity contribution in [3.05, 3.63) is 30.3 Å². The van der Waals surface area contributed by atoms with E-state index in [4.69, 9.17) is 4.74 Å². The number of nitrogens with one attached hydrogen (secondary N) is 1. The molecule has 15 heavy (non-hydrogen) atoms. The van der Waals surface area contributed by atoms with Crippen molar-refractivity contribution < 1.29 is 4.74 Å². The molecule has 0 aliphatic heterocycles. The molecule has 2 heteroatoms. The van der Waals surface area contributed by atoms with E-state index >= 15 is 0 Å². The van der Waals surface area contributed by atoms with E-state index in [1.165, 1.54) is 31.4 Å². The van der Waals surface area contributed by atoms with Crippen molar-refractivity contribution in [3.8, 4) is 0 Å². The van der Waals surface area contributed by atoms with E-state index in [9.17, 15) is 0 Å². The molecule has 0 spiro atoms. The predicted molar refractivity (Wildman–Crippen MR) is 63.1 cm³/mol. The van der Waals surface area contributed by atoms with Gasteiger partial charge in [-0.2, -0.15) is 0 Å². The largest absolute Gasteiger partial charge is 0.380 e. The third-order valence-corrected chi connectivity index (χ3v) is 3.13. The van der Waals surface area contributed by atoms with Crippen LogP contribution in [0.4, 0.5) is 5.69 Å². The molecule has 82 valence electrons. The summed E-state index contributed by atoms with van der Waals surface area (Å²) >= 11 is 0. The summed E-state index contributed by atoms with van der Waals surface area (Å²) < 4.78 is 5.51. The zero-order valence-electron chi connectivity index (χ0n) is 9.28. The molecular weight excluding hydrogens is 186 g/mol. The lowest BCUT2D eigenvalue weighted by Gasteiger charge is -2.31. The summed E-state index contributed by atoms with van der Waals surface area (Å²) in [5.74, 6) is 0. The van der Waals surface area contributed by atoms with Gasteiger partial charge in [0.1, 0.15) is 0 Å². The van der Waals surface area contributed by atoms with Gasteiger partial charge in [-0.1, -0.05) is 31.0 Å². The first-order valence-electron chi connectivity index (χ1n) is 5.74. The molecule has 1 N–H and O–H groups in total. The minimum Gasteiger partial charge on any atom is -0.380 e. The van der Waals surface area contributed by atoms with Crippen LogP contribution >= 0.6 is 0 Å². The van der Waals surface area contributed by atoms with Gasteiger partial charge in [0.05, 0.1) is 12.1 Å². The second kappa shape index (κ2) is 5.17. The van der Waals surface area contributed by atoms with Crippen molar-refractivity contribution in [2.45, 2.75) is 37.8 Å². The summed E-state index contributed by atoms with van der Waals surface area (Å²) in [5.41, 5.74) is 1.20. The average Bonchev–Trinajstić information content (AvgIpc) is 2.31. The fourth-order valence-corrected chi connectivity index (χ4v) is 2.29. The fourth-order valence-electron chi connectivity index (χ4n) is 2.29. The Morgan fingerprint density at radius 2 is 1.87 bits per heavy atom. The maximum atomic E-state index is 5.51. The van der Waals surface area contributed by atoms with Crippen LogP contribution in [0.1, 0.15) is 25.7 Å². The third-order valence-electron chi connectivity index (χ3n) is 3.13. The second-order valence-electron chi connectivity index (χ2n) is 4.18. The van der Waals surface area contributed by atoms with Gasteiger partial charge in [-0.05, 0) is 25.0 Å². The molecular formula is C13H19NO. The maximum Gasteiger partial charge on any atom is 0.0772 e. The standard InChI is InChI=1S/C13H19NO/c1-15-13-10-6-5-9-12(13)14-11-7-3-2-4-8-11/h2-4,7-8,12-14H,5-6,9-10H2,1H3/t12-,13+/m1/s1. The van der Waals surface area contributed by atoms with Crippen LogP contribution in [0.25, 0.3) is 0 Å². The van der Waals surface area contributed by atoms with Gasteiger partial charge in [0, 0.05) is 12.8 Å². The summed E-state index contributed by atoms with van der Waals surface area (Å²) in [6, 6.07) is 10.9. The number of rotatable bonds is 3. The number of ether oxygens (including phenoxy) is 1. The Morgan fingerprint density at radius 1 is 1.13 bits per heavy atom. The lowest BCUT2D eigenvalue weighted by atomic mass is 9.92.